The normalized spacial score (nSPS) is 36.4. The van der Waals surface area contributed by atoms with E-state index in [-0.39, 0.29) is 24.6 Å². The van der Waals surface area contributed by atoms with Crippen molar-refractivity contribution in [2.75, 3.05) is 0 Å². The van der Waals surface area contributed by atoms with Crippen LogP contribution in [0, 0.1) is 17.3 Å². The lowest BCUT2D eigenvalue weighted by molar-refractivity contribution is -0.199. The zero-order chi connectivity index (χ0) is 18.9. The van der Waals surface area contributed by atoms with Crippen LogP contribution >= 0.6 is 0 Å². The monoisotopic (exact) mass is 366 g/mol. The lowest BCUT2D eigenvalue weighted by Gasteiger charge is -2.64. The molecule has 0 radical (unpaired) electrons. The first kappa shape index (κ1) is 18.4. The van der Waals surface area contributed by atoms with Crippen LogP contribution in [0.1, 0.15) is 51.7 Å². The second-order valence-corrected chi connectivity index (χ2v) is 9.21. The van der Waals surface area contributed by atoms with Gasteiger partial charge in [-0.2, -0.15) is 13.2 Å². The van der Waals surface area contributed by atoms with Crippen LogP contribution in [0.5, 0.6) is 0 Å². The van der Waals surface area contributed by atoms with Gasteiger partial charge in [0.05, 0.1) is 17.3 Å². The van der Waals surface area contributed by atoms with Crippen LogP contribution in [0.2, 0.25) is 5.82 Å². The van der Waals surface area contributed by atoms with Gasteiger partial charge in [0.1, 0.15) is 0 Å². The van der Waals surface area contributed by atoms with E-state index in [1.165, 1.54) is 6.42 Å². The second-order valence-electron chi connectivity index (χ2n) is 9.21. The Morgan fingerprint density at radius 1 is 1.15 bits per heavy atom. The zero-order valence-electron chi connectivity index (χ0n) is 15.8. The average molecular weight is 366 g/mol. The van der Waals surface area contributed by atoms with E-state index in [9.17, 15) is 13.2 Å². The molecule has 1 heterocycles. The summed E-state index contributed by atoms with van der Waals surface area (Å²) in [6.07, 6.45) is -1.25. The molecule has 0 unspecified atom stereocenters. The van der Waals surface area contributed by atoms with Crippen LogP contribution in [0.25, 0.3) is 0 Å². The van der Waals surface area contributed by atoms with Crippen molar-refractivity contribution in [3.63, 3.8) is 0 Å². The highest BCUT2D eigenvalue weighted by molar-refractivity contribution is 6.47. The van der Waals surface area contributed by atoms with Crippen LogP contribution in [0.4, 0.5) is 13.2 Å². The molecule has 2 nitrogen and oxygen atoms in total. The summed E-state index contributed by atoms with van der Waals surface area (Å²) in [5, 5.41) is 0. The molecule has 3 aliphatic carbocycles. The van der Waals surface area contributed by atoms with Gasteiger partial charge in [-0.3, -0.25) is 0 Å². The van der Waals surface area contributed by atoms with Crippen LogP contribution < -0.4 is 0 Å². The van der Waals surface area contributed by atoms with Crippen molar-refractivity contribution in [1.29, 1.82) is 0 Å². The van der Waals surface area contributed by atoms with Gasteiger partial charge in [-0.05, 0) is 67.0 Å². The Morgan fingerprint density at radius 3 is 2.38 bits per heavy atom. The zero-order valence-corrected chi connectivity index (χ0v) is 15.8. The maximum Gasteiger partial charge on any atom is 0.461 e. The summed E-state index contributed by atoms with van der Waals surface area (Å²) >= 11 is 0. The minimum Gasteiger partial charge on any atom is -0.405 e. The molecule has 1 aromatic carbocycles. The van der Waals surface area contributed by atoms with Crippen molar-refractivity contribution < 1.29 is 22.5 Å². The summed E-state index contributed by atoms with van der Waals surface area (Å²) in [5.41, 5.74) is 0.336. The van der Waals surface area contributed by atoms with Gasteiger partial charge in [-0.1, -0.05) is 32.9 Å². The highest BCUT2D eigenvalue weighted by Gasteiger charge is 2.68. The molecule has 0 spiro atoms. The van der Waals surface area contributed by atoms with E-state index in [2.05, 4.69) is 27.7 Å². The molecule has 0 N–H and O–H groups in total. The topological polar surface area (TPSA) is 18.5 Å². The SMILES string of the molecule is C[C@H](Cc1ccc(C(F)(F)F)cc1)B1O[C@@H]2C[C@@H]3C[C@@H](C3(C)C)[C@]2(C)O1. The Morgan fingerprint density at radius 2 is 1.81 bits per heavy atom. The summed E-state index contributed by atoms with van der Waals surface area (Å²) < 4.78 is 50.8. The van der Waals surface area contributed by atoms with E-state index in [1.54, 1.807) is 12.1 Å². The Labute approximate surface area is 153 Å². The Kier molecular flexibility index (Phi) is 4.06. The highest BCUT2D eigenvalue weighted by Crippen LogP contribution is 2.66. The summed E-state index contributed by atoms with van der Waals surface area (Å²) in [7, 11) is -0.289. The van der Waals surface area contributed by atoms with Gasteiger partial charge in [-0.15, -0.1) is 0 Å². The van der Waals surface area contributed by atoms with Crippen molar-refractivity contribution in [3.05, 3.63) is 35.4 Å². The predicted molar refractivity (Wildman–Crippen MR) is 94.7 cm³/mol. The van der Waals surface area contributed by atoms with E-state index < -0.39 is 11.7 Å². The van der Waals surface area contributed by atoms with Crippen LogP contribution in [-0.4, -0.2) is 18.8 Å². The van der Waals surface area contributed by atoms with Crippen LogP contribution in [-0.2, 0) is 21.9 Å². The first-order valence-corrected chi connectivity index (χ1v) is 9.51. The number of halogens is 3. The number of rotatable bonds is 3. The van der Waals surface area contributed by atoms with E-state index >= 15 is 0 Å². The third-order valence-electron chi connectivity index (χ3n) is 7.27. The molecule has 6 heteroatoms. The fourth-order valence-electron chi connectivity index (χ4n) is 5.44. The van der Waals surface area contributed by atoms with Gasteiger partial charge in [0, 0.05) is 0 Å². The van der Waals surface area contributed by atoms with Crippen molar-refractivity contribution in [3.8, 4) is 0 Å². The fourth-order valence-corrected chi connectivity index (χ4v) is 5.44. The molecule has 0 aromatic heterocycles. The summed E-state index contributed by atoms with van der Waals surface area (Å²) in [6.45, 7) is 8.90. The van der Waals surface area contributed by atoms with Crippen LogP contribution in [0.15, 0.2) is 24.3 Å². The molecule has 1 aliphatic heterocycles. The molecule has 0 amide bonds. The minimum atomic E-state index is -4.29. The van der Waals surface area contributed by atoms with Gasteiger partial charge >= 0.3 is 13.3 Å². The molecule has 5 atom stereocenters. The molecular formula is C20H26BF3O2. The Balaban J connectivity index is 1.43. The average Bonchev–Trinajstić information content (AvgIpc) is 2.91. The van der Waals surface area contributed by atoms with E-state index in [0.717, 1.165) is 24.1 Å². The molecule has 4 fully saturated rings. The Hall–Kier alpha value is -1.01. The Bertz CT molecular complexity index is 687. The second kappa shape index (κ2) is 5.74. The van der Waals surface area contributed by atoms with Gasteiger partial charge in [-0.25, -0.2) is 0 Å². The van der Waals surface area contributed by atoms with E-state index in [1.807, 2.05) is 0 Å². The molecule has 26 heavy (non-hydrogen) atoms. The number of benzene rings is 1. The van der Waals surface area contributed by atoms with Crippen molar-refractivity contribution in [2.24, 2.45) is 17.3 Å². The van der Waals surface area contributed by atoms with Gasteiger partial charge in [0.25, 0.3) is 0 Å². The molecule has 2 bridgehead atoms. The molecular weight excluding hydrogens is 340 g/mol. The van der Waals surface area contributed by atoms with E-state index in [4.69, 9.17) is 9.31 Å². The van der Waals surface area contributed by atoms with E-state index in [0.29, 0.717) is 23.7 Å². The third-order valence-corrected chi connectivity index (χ3v) is 7.27. The smallest absolute Gasteiger partial charge is 0.405 e. The molecule has 142 valence electrons. The molecule has 1 aromatic rings. The molecule has 4 aliphatic rings. The predicted octanol–water partition coefficient (Wildman–Crippen LogP) is 5.37. The van der Waals surface area contributed by atoms with Gasteiger partial charge < -0.3 is 9.31 Å². The molecule has 5 rings (SSSR count). The molecule has 3 saturated carbocycles. The lowest BCUT2D eigenvalue weighted by atomic mass is 9.43. The first-order chi connectivity index (χ1) is 12.0. The molecule has 1 saturated heterocycles. The summed E-state index contributed by atoms with van der Waals surface area (Å²) in [6, 6.07) is 5.42. The number of alkyl halides is 3. The minimum absolute atomic E-state index is 0.0921. The number of hydrogen-bond acceptors (Lipinski definition) is 2. The first-order valence-electron chi connectivity index (χ1n) is 9.51. The maximum atomic E-state index is 12.7. The largest absolute Gasteiger partial charge is 0.461 e. The lowest BCUT2D eigenvalue weighted by Crippen LogP contribution is -2.65. The van der Waals surface area contributed by atoms with Crippen molar-refractivity contribution in [1.82, 2.24) is 0 Å². The van der Waals surface area contributed by atoms with Crippen molar-refractivity contribution in [2.45, 2.75) is 70.7 Å². The fraction of sp³-hybridized carbons (Fsp3) is 0.700. The van der Waals surface area contributed by atoms with Gasteiger partial charge in [0.2, 0.25) is 0 Å². The van der Waals surface area contributed by atoms with Crippen LogP contribution in [0.3, 0.4) is 0 Å². The highest BCUT2D eigenvalue weighted by atomic mass is 19.4. The summed E-state index contributed by atoms with van der Waals surface area (Å²) in [5.74, 6) is 1.31. The third kappa shape index (κ3) is 2.72. The van der Waals surface area contributed by atoms with Gasteiger partial charge in [0.15, 0.2) is 0 Å². The number of hydrogen-bond donors (Lipinski definition) is 0. The quantitative estimate of drug-likeness (QED) is 0.670. The maximum absolute atomic E-state index is 12.7. The standard InChI is InChI=1S/C20H26BF3O2/c1-12(9-13-5-7-14(8-6-13)20(22,23)24)21-25-17-11-15-10-16(18(15,2)3)19(17,4)26-21/h5-8,12,15-17H,9-11H2,1-4H3/t12-,15+,16+,17-,19+/m1/s1. The summed E-state index contributed by atoms with van der Waals surface area (Å²) in [4.78, 5) is 0. The van der Waals surface area contributed by atoms with Crippen molar-refractivity contribution >= 4 is 7.12 Å².